The van der Waals surface area contributed by atoms with Crippen LogP contribution in [0.2, 0.25) is 0 Å². The van der Waals surface area contributed by atoms with Crippen LogP contribution in [0.5, 0.6) is 0 Å². The summed E-state index contributed by atoms with van der Waals surface area (Å²) in [6, 6.07) is 6.49. The molecule has 1 aliphatic heterocycles. The summed E-state index contributed by atoms with van der Waals surface area (Å²) in [5, 5.41) is 44.5. The van der Waals surface area contributed by atoms with Crippen LogP contribution in [0.4, 0.5) is 5.69 Å². The van der Waals surface area contributed by atoms with Gasteiger partial charge in [0.15, 0.2) is 11.4 Å². The third-order valence-corrected chi connectivity index (χ3v) is 3.73. The molecule has 0 amide bonds. The summed E-state index contributed by atoms with van der Waals surface area (Å²) < 4.78 is 5.04. The van der Waals surface area contributed by atoms with Gasteiger partial charge in [-0.15, -0.1) is 0 Å². The van der Waals surface area contributed by atoms with Gasteiger partial charge < -0.3 is 35.8 Å². The van der Waals surface area contributed by atoms with Gasteiger partial charge in [-0.05, 0) is 31.3 Å². The topological polar surface area (TPSA) is 114 Å². The molecule has 0 aromatic heterocycles. The average Bonchev–Trinajstić information content (AvgIpc) is 2.49. The number of nitrogens with one attached hydrogen (secondary N) is 2. The van der Waals surface area contributed by atoms with Crippen LogP contribution in [0.1, 0.15) is 5.56 Å². The molecule has 1 aromatic rings. The van der Waals surface area contributed by atoms with Crippen LogP contribution in [0.15, 0.2) is 24.3 Å². The molecular formula is C14H20N2O5S. The summed E-state index contributed by atoms with van der Waals surface area (Å²) in [6.07, 6.45) is -5.11. The highest BCUT2D eigenvalue weighted by Crippen LogP contribution is 2.20. The Labute approximate surface area is 133 Å². The van der Waals surface area contributed by atoms with Gasteiger partial charge in [0.2, 0.25) is 0 Å². The van der Waals surface area contributed by atoms with Crippen molar-refractivity contribution in [2.75, 3.05) is 11.9 Å². The molecule has 5 unspecified atom stereocenters. The van der Waals surface area contributed by atoms with E-state index in [1.807, 2.05) is 31.2 Å². The Bertz CT molecular complexity index is 512. The van der Waals surface area contributed by atoms with Gasteiger partial charge in [0.25, 0.3) is 0 Å². The number of rotatable bonds is 3. The number of benzene rings is 1. The third kappa shape index (κ3) is 3.92. The molecule has 1 aromatic carbocycles. The summed E-state index contributed by atoms with van der Waals surface area (Å²) in [5.41, 5.74) is 1.85. The first kappa shape index (κ1) is 17.1. The van der Waals surface area contributed by atoms with Crippen molar-refractivity contribution in [1.82, 2.24) is 5.32 Å². The Balaban J connectivity index is 1.97. The van der Waals surface area contributed by atoms with E-state index in [1.165, 1.54) is 0 Å². The molecule has 122 valence electrons. The fourth-order valence-electron chi connectivity index (χ4n) is 2.21. The Morgan fingerprint density at radius 3 is 2.41 bits per heavy atom. The largest absolute Gasteiger partial charge is 0.394 e. The smallest absolute Gasteiger partial charge is 0.178 e. The predicted octanol–water partition coefficient (Wildman–Crippen LogP) is -0.919. The van der Waals surface area contributed by atoms with Gasteiger partial charge in [0.05, 0.1) is 6.61 Å². The minimum absolute atomic E-state index is 0.171. The average molecular weight is 328 g/mol. The van der Waals surface area contributed by atoms with E-state index < -0.39 is 37.3 Å². The summed E-state index contributed by atoms with van der Waals surface area (Å²) in [7, 11) is 0. The first-order valence-corrected chi connectivity index (χ1v) is 7.28. The standard InChI is InChI=1S/C14H20N2O5S/c1-7-2-4-8(5-3-7)15-14(22)16-10-12(19)11(18)9(6-17)21-13(10)20/h2-5,9-13,17-20H,6H2,1H3,(H2,15,16,22). The lowest BCUT2D eigenvalue weighted by Crippen LogP contribution is -2.64. The van der Waals surface area contributed by atoms with E-state index in [-0.39, 0.29) is 5.11 Å². The van der Waals surface area contributed by atoms with E-state index in [4.69, 9.17) is 22.1 Å². The summed E-state index contributed by atoms with van der Waals surface area (Å²) in [6.45, 7) is 1.46. The number of anilines is 1. The van der Waals surface area contributed by atoms with E-state index in [9.17, 15) is 15.3 Å². The maximum absolute atomic E-state index is 10.0. The molecule has 1 fully saturated rings. The lowest BCUT2D eigenvalue weighted by Gasteiger charge is -2.40. The maximum Gasteiger partial charge on any atom is 0.178 e. The predicted molar refractivity (Wildman–Crippen MR) is 84.3 cm³/mol. The molecule has 1 heterocycles. The number of aliphatic hydroxyl groups excluding tert-OH is 4. The molecule has 5 atom stereocenters. The first-order valence-electron chi connectivity index (χ1n) is 6.87. The Hall–Kier alpha value is -1.29. The van der Waals surface area contributed by atoms with Gasteiger partial charge in [-0.3, -0.25) is 0 Å². The molecule has 22 heavy (non-hydrogen) atoms. The number of hydrogen-bond acceptors (Lipinski definition) is 6. The molecule has 1 saturated heterocycles. The van der Waals surface area contributed by atoms with Crippen molar-refractivity contribution >= 4 is 23.0 Å². The number of hydrogen-bond donors (Lipinski definition) is 6. The van der Waals surface area contributed by atoms with Crippen LogP contribution < -0.4 is 10.6 Å². The number of thiocarbonyl (C=S) groups is 1. The highest BCUT2D eigenvalue weighted by atomic mass is 32.1. The third-order valence-electron chi connectivity index (χ3n) is 3.51. The van der Waals surface area contributed by atoms with Gasteiger partial charge in [0.1, 0.15) is 24.4 Å². The fourth-order valence-corrected chi connectivity index (χ4v) is 2.46. The van der Waals surface area contributed by atoms with Crippen molar-refractivity contribution in [3.63, 3.8) is 0 Å². The highest BCUT2D eigenvalue weighted by Gasteiger charge is 2.43. The highest BCUT2D eigenvalue weighted by molar-refractivity contribution is 7.80. The van der Waals surface area contributed by atoms with Crippen molar-refractivity contribution in [3.8, 4) is 0 Å². The van der Waals surface area contributed by atoms with E-state index >= 15 is 0 Å². The SMILES string of the molecule is Cc1ccc(NC(=S)NC2C(O)OC(CO)C(O)C2O)cc1. The van der Waals surface area contributed by atoms with E-state index in [0.717, 1.165) is 11.3 Å². The van der Waals surface area contributed by atoms with E-state index in [1.54, 1.807) is 0 Å². The Kier molecular flexibility index (Phi) is 5.68. The second-order valence-corrected chi connectivity index (χ2v) is 5.63. The summed E-state index contributed by atoms with van der Waals surface area (Å²) in [5.74, 6) is 0. The molecule has 0 radical (unpaired) electrons. The zero-order valence-electron chi connectivity index (χ0n) is 12.0. The molecule has 0 spiro atoms. The first-order chi connectivity index (χ1) is 10.4. The van der Waals surface area contributed by atoms with Crippen molar-refractivity contribution in [1.29, 1.82) is 0 Å². The molecule has 0 saturated carbocycles. The molecule has 0 bridgehead atoms. The minimum atomic E-state index is -1.41. The zero-order chi connectivity index (χ0) is 16.3. The van der Waals surface area contributed by atoms with Crippen LogP contribution in [-0.2, 0) is 4.74 Å². The van der Waals surface area contributed by atoms with Crippen LogP contribution in [0.3, 0.4) is 0 Å². The molecule has 8 heteroatoms. The second-order valence-electron chi connectivity index (χ2n) is 5.22. The van der Waals surface area contributed by atoms with Gasteiger partial charge in [-0.2, -0.15) is 0 Å². The second kappa shape index (κ2) is 7.32. The van der Waals surface area contributed by atoms with Crippen molar-refractivity contribution in [3.05, 3.63) is 29.8 Å². The van der Waals surface area contributed by atoms with Gasteiger partial charge in [-0.1, -0.05) is 17.7 Å². The molecule has 7 nitrogen and oxygen atoms in total. The monoisotopic (exact) mass is 328 g/mol. The zero-order valence-corrected chi connectivity index (χ0v) is 12.8. The van der Waals surface area contributed by atoms with Crippen molar-refractivity contribution in [2.24, 2.45) is 0 Å². The Morgan fingerprint density at radius 2 is 1.82 bits per heavy atom. The van der Waals surface area contributed by atoms with Gasteiger partial charge in [-0.25, -0.2) is 0 Å². The number of aliphatic hydroxyl groups is 4. The number of ether oxygens (including phenoxy) is 1. The molecule has 6 N–H and O–H groups in total. The molecule has 2 rings (SSSR count). The Morgan fingerprint density at radius 1 is 1.18 bits per heavy atom. The van der Waals surface area contributed by atoms with E-state index in [2.05, 4.69) is 10.6 Å². The van der Waals surface area contributed by atoms with Crippen molar-refractivity contribution in [2.45, 2.75) is 37.6 Å². The normalized spacial score (nSPS) is 31.6. The molecular weight excluding hydrogens is 308 g/mol. The summed E-state index contributed by atoms with van der Waals surface area (Å²) in [4.78, 5) is 0. The van der Waals surface area contributed by atoms with Crippen LogP contribution in [0, 0.1) is 6.92 Å². The lowest BCUT2D eigenvalue weighted by molar-refractivity contribution is -0.251. The van der Waals surface area contributed by atoms with Gasteiger partial charge in [0, 0.05) is 5.69 Å². The van der Waals surface area contributed by atoms with Crippen LogP contribution >= 0.6 is 12.2 Å². The number of aryl methyl sites for hydroxylation is 1. The van der Waals surface area contributed by atoms with Gasteiger partial charge >= 0.3 is 0 Å². The van der Waals surface area contributed by atoms with E-state index in [0.29, 0.717) is 0 Å². The minimum Gasteiger partial charge on any atom is -0.394 e. The van der Waals surface area contributed by atoms with Crippen LogP contribution in [-0.4, -0.2) is 62.8 Å². The van der Waals surface area contributed by atoms with Crippen molar-refractivity contribution < 1.29 is 25.2 Å². The van der Waals surface area contributed by atoms with Crippen LogP contribution in [0.25, 0.3) is 0 Å². The fraction of sp³-hybridized carbons (Fsp3) is 0.500. The molecule has 0 aliphatic carbocycles. The maximum atomic E-state index is 10.0. The lowest BCUT2D eigenvalue weighted by atomic mass is 9.97. The summed E-state index contributed by atoms with van der Waals surface area (Å²) >= 11 is 5.12. The quantitative estimate of drug-likeness (QED) is 0.395. The molecule has 1 aliphatic rings.